The summed E-state index contributed by atoms with van der Waals surface area (Å²) in [5.41, 5.74) is 1.79. The lowest BCUT2D eigenvalue weighted by Crippen LogP contribution is -2.22. The molecule has 1 rings (SSSR count). The fraction of sp³-hybridized carbons (Fsp3) is 0.375. The van der Waals surface area contributed by atoms with Gasteiger partial charge in [0.1, 0.15) is 0 Å². The minimum absolute atomic E-state index is 0.0111. The Kier molecular flexibility index (Phi) is 3.29. The van der Waals surface area contributed by atoms with Crippen LogP contribution in [0.15, 0.2) is 9.17 Å². The van der Waals surface area contributed by atoms with Gasteiger partial charge in [0.05, 0.1) is 9.35 Å². The van der Waals surface area contributed by atoms with Crippen LogP contribution in [0.25, 0.3) is 0 Å². The first-order valence-corrected chi connectivity index (χ1v) is 5.35. The number of hydrogen-bond acceptors (Lipinski definition) is 2. The summed E-state index contributed by atoms with van der Waals surface area (Å²) in [6.07, 6.45) is 0. The van der Waals surface area contributed by atoms with Crippen LogP contribution in [0.5, 0.6) is 0 Å². The maximum Gasteiger partial charge on any atom is 0.252 e. The Balaban J connectivity index is 2.88. The van der Waals surface area contributed by atoms with Gasteiger partial charge < -0.3 is 5.32 Å². The van der Waals surface area contributed by atoms with Gasteiger partial charge in [-0.25, -0.2) is 0 Å². The minimum atomic E-state index is 0.0111. The molecule has 1 amide bonds. The quantitative estimate of drug-likeness (QED) is 0.856. The van der Waals surface area contributed by atoms with E-state index in [-0.39, 0.29) is 5.91 Å². The van der Waals surface area contributed by atoms with Crippen LogP contribution in [0.1, 0.15) is 22.8 Å². The van der Waals surface area contributed by atoms with Crippen molar-refractivity contribution in [3.63, 3.8) is 0 Å². The number of hydrogen-bond donors (Lipinski definition) is 1. The molecule has 0 saturated carbocycles. The average Bonchev–Trinajstić information content (AvgIpc) is 2.34. The van der Waals surface area contributed by atoms with Crippen molar-refractivity contribution in [1.29, 1.82) is 0 Å². The van der Waals surface area contributed by atoms with Gasteiger partial charge in [-0.3, -0.25) is 4.79 Å². The molecule has 0 aliphatic rings. The topological polar surface area (TPSA) is 29.1 Å². The second-order valence-electron chi connectivity index (χ2n) is 2.41. The summed E-state index contributed by atoms with van der Waals surface area (Å²) >= 11 is 4.92. The van der Waals surface area contributed by atoms with Crippen LogP contribution in [0.3, 0.4) is 0 Å². The molecule has 0 radical (unpaired) electrons. The minimum Gasteiger partial charge on any atom is -0.352 e. The molecule has 0 atom stereocenters. The van der Waals surface area contributed by atoms with E-state index in [1.165, 1.54) is 0 Å². The van der Waals surface area contributed by atoms with Crippen LogP contribution in [0.4, 0.5) is 0 Å². The summed E-state index contributed by atoms with van der Waals surface area (Å²) in [4.78, 5) is 11.4. The summed E-state index contributed by atoms with van der Waals surface area (Å²) in [5.74, 6) is 0.0111. The van der Waals surface area contributed by atoms with Crippen molar-refractivity contribution in [1.82, 2.24) is 5.32 Å². The highest BCUT2D eigenvalue weighted by Crippen LogP contribution is 2.26. The summed E-state index contributed by atoms with van der Waals surface area (Å²) in [6.45, 7) is 4.52. The van der Waals surface area contributed by atoms with E-state index in [1.807, 2.05) is 19.2 Å². The fourth-order valence-corrected chi connectivity index (χ4v) is 2.16. The van der Waals surface area contributed by atoms with Gasteiger partial charge in [-0.05, 0) is 35.3 Å². The fourth-order valence-electron chi connectivity index (χ4n) is 0.873. The van der Waals surface area contributed by atoms with Gasteiger partial charge in [-0.15, -0.1) is 11.3 Å². The Morgan fingerprint density at radius 1 is 1.75 bits per heavy atom. The summed E-state index contributed by atoms with van der Waals surface area (Å²) < 4.78 is 1.03. The van der Waals surface area contributed by atoms with E-state index in [2.05, 4.69) is 21.2 Å². The maximum atomic E-state index is 11.4. The molecule has 1 aromatic heterocycles. The smallest absolute Gasteiger partial charge is 0.252 e. The predicted octanol–water partition coefficient (Wildman–Crippen LogP) is 2.57. The Labute approximate surface area is 84.1 Å². The van der Waals surface area contributed by atoms with Crippen LogP contribution in [-0.4, -0.2) is 12.5 Å². The molecule has 12 heavy (non-hydrogen) atoms. The van der Waals surface area contributed by atoms with Gasteiger partial charge in [0.25, 0.3) is 5.91 Å². The number of halogens is 1. The molecule has 0 spiro atoms. The Morgan fingerprint density at radius 2 is 2.42 bits per heavy atom. The second kappa shape index (κ2) is 4.05. The van der Waals surface area contributed by atoms with Crippen molar-refractivity contribution in [2.75, 3.05) is 6.54 Å². The van der Waals surface area contributed by atoms with Crippen LogP contribution in [0, 0.1) is 6.92 Å². The molecular weight excluding hydrogens is 238 g/mol. The molecule has 1 N–H and O–H groups in total. The van der Waals surface area contributed by atoms with Gasteiger partial charge in [-0.2, -0.15) is 0 Å². The predicted molar refractivity (Wildman–Crippen MR) is 54.8 cm³/mol. The van der Waals surface area contributed by atoms with Crippen LogP contribution >= 0.6 is 27.3 Å². The first-order chi connectivity index (χ1) is 5.66. The Hall–Kier alpha value is -0.350. The average molecular weight is 248 g/mol. The molecule has 0 unspecified atom stereocenters. The third-order valence-electron chi connectivity index (χ3n) is 1.56. The molecule has 0 fully saturated rings. The van der Waals surface area contributed by atoms with Crippen LogP contribution in [-0.2, 0) is 0 Å². The second-order valence-corrected chi connectivity index (χ2v) is 4.61. The molecule has 1 heterocycles. The zero-order valence-electron chi connectivity index (χ0n) is 6.98. The van der Waals surface area contributed by atoms with Crippen LogP contribution < -0.4 is 5.32 Å². The maximum absolute atomic E-state index is 11.4. The third kappa shape index (κ3) is 1.87. The molecule has 2 nitrogen and oxygen atoms in total. The van der Waals surface area contributed by atoms with E-state index < -0.39 is 0 Å². The highest BCUT2D eigenvalue weighted by molar-refractivity contribution is 9.11. The largest absolute Gasteiger partial charge is 0.352 e. The number of amides is 1. The lowest BCUT2D eigenvalue weighted by atomic mass is 10.2. The van der Waals surface area contributed by atoms with Crippen molar-refractivity contribution in [3.8, 4) is 0 Å². The standard InChI is InChI=1S/C8H10BrNOS/c1-3-10-8(11)6-4-12-7(9)5(6)2/h4H,3H2,1-2H3,(H,10,11). The normalized spacial score (nSPS) is 9.92. The summed E-state index contributed by atoms with van der Waals surface area (Å²) in [5, 5.41) is 4.63. The zero-order chi connectivity index (χ0) is 9.14. The molecule has 0 bridgehead atoms. The number of thiophene rings is 1. The Bertz CT molecular complexity index is 295. The lowest BCUT2D eigenvalue weighted by Gasteiger charge is -1.99. The summed E-state index contributed by atoms with van der Waals surface area (Å²) in [7, 11) is 0. The Morgan fingerprint density at radius 3 is 2.83 bits per heavy atom. The van der Waals surface area contributed by atoms with Gasteiger partial charge >= 0.3 is 0 Å². The number of carbonyl (C=O) groups is 1. The molecule has 4 heteroatoms. The van der Waals surface area contributed by atoms with Crippen LogP contribution in [0.2, 0.25) is 0 Å². The number of nitrogens with one attached hydrogen (secondary N) is 1. The van der Waals surface area contributed by atoms with Crippen molar-refractivity contribution >= 4 is 33.2 Å². The van der Waals surface area contributed by atoms with Gasteiger partial charge in [0.15, 0.2) is 0 Å². The highest BCUT2D eigenvalue weighted by Gasteiger charge is 2.11. The van der Waals surface area contributed by atoms with E-state index in [4.69, 9.17) is 0 Å². The van der Waals surface area contributed by atoms with Crippen molar-refractivity contribution in [3.05, 3.63) is 20.3 Å². The molecular formula is C8H10BrNOS. The third-order valence-corrected chi connectivity index (χ3v) is 3.58. The number of rotatable bonds is 2. The van der Waals surface area contributed by atoms with E-state index in [0.29, 0.717) is 6.54 Å². The molecule has 66 valence electrons. The molecule has 1 aromatic rings. The molecule has 0 aromatic carbocycles. The van der Waals surface area contributed by atoms with Crippen molar-refractivity contribution in [2.45, 2.75) is 13.8 Å². The van der Waals surface area contributed by atoms with Gasteiger partial charge in [-0.1, -0.05) is 0 Å². The first kappa shape index (κ1) is 9.74. The summed E-state index contributed by atoms with van der Waals surface area (Å²) in [6, 6.07) is 0. The molecule has 0 aliphatic carbocycles. The molecule has 0 aliphatic heterocycles. The van der Waals surface area contributed by atoms with Crippen molar-refractivity contribution < 1.29 is 4.79 Å². The van der Waals surface area contributed by atoms with E-state index in [0.717, 1.165) is 14.9 Å². The van der Waals surface area contributed by atoms with E-state index >= 15 is 0 Å². The molecule has 0 saturated heterocycles. The SMILES string of the molecule is CCNC(=O)c1csc(Br)c1C. The van der Waals surface area contributed by atoms with Gasteiger partial charge in [0, 0.05) is 11.9 Å². The van der Waals surface area contributed by atoms with E-state index in [9.17, 15) is 4.79 Å². The first-order valence-electron chi connectivity index (χ1n) is 3.68. The van der Waals surface area contributed by atoms with Crippen molar-refractivity contribution in [2.24, 2.45) is 0 Å². The zero-order valence-corrected chi connectivity index (χ0v) is 9.38. The van der Waals surface area contributed by atoms with Gasteiger partial charge in [0.2, 0.25) is 0 Å². The number of carbonyl (C=O) groups excluding carboxylic acids is 1. The lowest BCUT2D eigenvalue weighted by molar-refractivity contribution is 0.0955. The van der Waals surface area contributed by atoms with E-state index in [1.54, 1.807) is 11.3 Å². The monoisotopic (exact) mass is 247 g/mol. The highest BCUT2D eigenvalue weighted by atomic mass is 79.9.